The first-order valence-electron chi connectivity index (χ1n) is 7.20. The third kappa shape index (κ3) is 4.43. The van der Waals surface area contributed by atoms with Crippen molar-refractivity contribution >= 4 is 33.2 Å². The molecule has 3 N–H and O–H groups in total. The Morgan fingerprint density at radius 3 is 3.00 bits per heavy atom. The number of carbonyl (C=O) groups excluding carboxylic acids is 1. The third-order valence-corrected chi connectivity index (χ3v) is 4.32. The minimum atomic E-state index is -0.0204. The first kappa shape index (κ1) is 16.3. The zero-order chi connectivity index (χ0) is 15.4. The highest BCUT2D eigenvalue weighted by Gasteiger charge is 2.27. The van der Waals surface area contributed by atoms with Crippen LogP contribution in [0.3, 0.4) is 0 Å². The Balaban J connectivity index is 1.97. The maximum Gasteiger partial charge on any atom is 0.238 e. The van der Waals surface area contributed by atoms with E-state index in [1.807, 2.05) is 6.92 Å². The van der Waals surface area contributed by atoms with Gasteiger partial charge >= 0.3 is 0 Å². The number of rotatable bonds is 4. The number of amides is 1. The summed E-state index contributed by atoms with van der Waals surface area (Å²) in [6.45, 7) is 6.01. The topological polar surface area (TPSA) is 67.6 Å². The molecule has 1 fully saturated rings. The summed E-state index contributed by atoms with van der Waals surface area (Å²) in [7, 11) is 0. The molecule has 116 valence electrons. The summed E-state index contributed by atoms with van der Waals surface area (Å²) >= 11 is 3.41. The molecule has 0 aromatic heterocycles. The summed E-state index contributed by atoms with van der Waals surface area (Å²) in [4.78, 5) is 14.4. The van der Waals surface area contributed by atoms with Gasteiger partial charge in [-0.1, -0.05) is 6.92 Å². The van der Waals surface area contributed by atoms with Gasteiger partial charge in [-0.05, 0) is 47.5 Å². The van der Waals surface area contributed by atoms with Crippen molar-refractivity contribution in [3.05, 3.63) is 22.7 Å². The fourth-order valence-electron chi connectivity index (χ4n) is 2.49. The summed E-state index contributed by atoms with van der Waals surface area (Å²) in [5.41, 5.74) is 7.09. The summed E-state index contributed by atoms with van der Waals surface area (Å²) in [5.74, 6) is -0.0204. The Hall–Kier alpha value is -1.11. The number of hydrogen-bond donors (Lipinski definition) is 2. The van der Waals surface area contributed by atoms with Crippen molar-refractivity contribution in [3.63, 3.8) is 0 Å². The summed E-state index contributed by atoms with van der Waals surface area (Å²) < 4.78 is 6.44. The Kier molecular flexibility index (Phi) is 5.61. The van der Waals surface area contributed by atoms with Crippen LogP contribution in [0.1, 0.15) is 20.3 Å². The minimum absolute atomic E-state index is 0.0204. The number of carbonyl (C=O) groups is 1. The van der Waals surface area contributed by atoms with E-state index in [1.165, 1.54) is 0 Å². The molecule has 1 aliphatic heterocycles. The molecule has 0 spiro atoms. The van der Waals surface area contributed by atoms with E-state index in [9.17, 15) is 4.79 Å². The molecule has 1 heterocycles. The third-order valence-electron chi connectivity index (χ3n) is 3.67. The summed E-state index contributed by atoms with van der Waals surface area (Å²) in [6.07, 6.45) is 1.15. The van der Waals surface area contributed by atoms with Gasteiger partial charge in [0, 0.05) is 22.7 Å². The second kappa shape index (κ2) is 7.24. The molecule has 2 rings (SSSR count). The molecule has 0 radical (unpaired) electrons. The van der Waals surface area contributed by atoms with E-state index in [-0.39, 0.29) is 12.0 Å². The average molecular weight is 356 g/mol. The van der Waals surface area contributed by atoms with Crippen molar-refractivity contribution in [1.29, 1.82) is 0 Å². The standard InChI is InChI=1S/C15H22BrN3O2/c1-3-12-9-21-10(2)7-19(12)8-15(20)18-14-5-4-11(17)6-13(14)16/h4-6,10,12H,3,7-9,17H2,1-2H3,(H,18,20). The number of ether oxygens (including phenoxy) is 1. The Labute approximate surface area is 134 Å². The second-order valence-electron chi connectivity index (χ2n) is 5.42. The highest BCUT2D eigenvalue weighted by Crippen LogP contribution is 2.24. The van der Waals surface area contributed by atoms with Gasteiger partial charge in [0.05, 0.1) is 24.9 Å². The van der Waals surface area contributed by atoms with Gasteiger partial charge < -0.3 is 15.8 Å². The summed E-state index contributed by atoms with van der Waals surface area (Å²) in [6, 6.07) is 5.66. The van der Waals surface area contributed by atoms with Gasteiger partial charge in [-0.2, -0.15) is 0 Å². The molecular weight excluding hydrogens is 334 g/mol. The van der Waals surface area contributed by atoms with Crippen LogP contribution < -0.4 is 11.1 Å². The first-order valence-corrected chi connectivity index (χ1v) is 7.99. The van der Waals surface area contributed by atoms with Crippen molar-refractivity contribution < 1.29 is 9.53 Å². The van der Waals surface area contributed by atoms with Crippen LogP contribution in [-0.2, 0) is 9.53 Å². The molecule has 1 aromatic rings. The quantitative estimate of drug-likeness (QED) is 0.814. The highest BCUT2D eigenvalue weighted by atomic mass is 79.9. The maximum atomic E-state index is 12.2. The van der Waals surface area contributed by atoms with Crippen molar-refractivity contribution in [2.75, 3.05) is 30.7 Å². The number of benzene rings is 1. The number of anilines is 2. The zero-order valence-electron chi connectivity index (χ0n) is 12.4. The lowest BCUT2D eigenvalue weighted by Crippen LogP contribution is -2.51. The highest BCUT2D eigenvalue weighted by molar-refractivity contribution is 9.10. The molecule has 0 bridgehead atoms. The molecule has 1 aliphatic rings. The molecular formula is C15H22BrN3O2. The van der Waals surface area contributed by atoms with E-state index in [4.69, 9.17) is 10.5 Å². The zero-order valence-corrected chi connectivity index (χ0v) is 14.0. The lowest BCUT2D eigenvalue weighted by molar-refractivity contribution is -0.121. The van der Waals surface area contributed by atoms with Gasteiger partial charge in [-0.25, -0.2) is 0 Å². The van der Waals surface area contributed by atoms with Crippen LogP contribution in [0, 0.1) is 0 Å². The normalized spacial score (nSPS) is 23.0. The number of hydrogen-bond acceptors (Lipinski definition) is 4. The molecule has 2 atom stereocenters. The fraction of sp³-hybridized carbons (Fsp3) is 0.533. The van der Waals surface area contributed by atoms with Gasteiger partial charge in [-0.15, -0.1) is 0 Å². The van der Waals surface area contributed by atoms with Gasteiger partial charge in [-0.3, -0.25) is 9.69 Å². The van der Waals surface area contributed by atoms with E-state index >= 15 is 0 Å². The molecule has 21 heavy (non-hydrogen) atoms. The molecule has 6 heteroatoms. The second-order valence-corrected chi connectivity index (χ2v) is 6.28. The van der Waals surface area contributed by atoms with Crippen molar-refractivity contribution in [3.8, 4) is 0 Å². The van der Waals surface area contributed by atoms with Crippen LogP contribution in [0.2, 0.25) is 0 Å². The maximum absolute atomic E-state index is 12.2. The lowest BCUT2D eigenvalue weighted by Gasteiger charge is -2.37. The van der Waals surface area contributed by atoms with E-state index in [0.29, 0.717) is 24.9 Å². The van der Waals surface area contributed by atoms with Crippen LogP contribution in [-0.4, -0.2) is 42.6 Å². The Bertz CT molecular complexity index is 510. The number of nitrogens with one attached hydrogen (secondary N) is 1. The van der Waals surface area contributed by atoms with Crippen LogP contribution >= 0.6 is 15.9 Å². The predicted octanol–water partition coefficient (Wildman–Crippen LogP) is 2.47. The molecule has 5 nitrogen and oxygen atoms in total. The Morgan fingerprint density at radius 2 is 2.33 bits per heavy atom. The summed E-state index contributed by atoms with van der Waals surface area (Å²) in [5, 5.41) is 2.92. The SMILES string of the molecule is CCC1COC(C)CN1CC(=O)Nc1ccc(N)cc1Br. The van der Waals surface area contributed by atoms with Gasteiger partial charge in [0.15, 0.2) is 0 Å². The van der Waals surface area contributed by atoms with Crippen molar-refractivity contribution in [2.24, 2.45) is 0 Å². The van der Waals surface area contributed by atoms with Crippen LogP contribution in [0.5, 0.6) is 0 Å². The van der Waals surface area contributed by atoms with Gasteiger partial charge in [0.25, 0.3) is 0 Å². The number of halogens is 1. The number of nitrogens with two attached hydrogens (primary N) is 1. The van der Waals surface area contributed by atoms with Crippen molar-refractivity contribution in [2.45, 2.75) is 32.4 Å². The lowest BCUT2D eigenvalue weighted by atomic mass is 10.1. The molecule has 0 aliphatic carbocycles. The predicted molar refractivity (Wildman–Crippen MR) is 88.3 cm³/mol. The fourth-order valence-corrected chi connectivity index (χ4v) is 2.99. The van der Waals surface area contributed by atoms with Crippen molar-refractivity contribution in [1.82, 2.24) is 4.90 Å². The molecule has 1 saturated heterocycles. The molecule has 2 unspecified atom stereocenters. The van der Waals surface area contributed by atoms with Gasteiger partial charge in [0.2, 0.25) is 5.91 Å². The number of nitrogens with zero attached hydrogens (tertiary/aromatic N) is 1. The monoisotopic (exact) mass is 355 g/mol. The molecule has 0 saturated carbocycles. The van der Waals surface area contributed by atoms with E-state index in [1.54, 1.807) is 18.2 Å². The molecule has 1 amide bonds. The largest absolute Gasteiger partial charge is 0.399 e. The minimum Gasteiger partial charge on any atom is -0.399 e. The van der Waals surface area contributed by atoms with Crippen LogP contribution in [0.15, 0.2) is 22.7 Å². The van der Waals surface area contributed by atoms with E-state index < -0.39 is 0 Å². The van der Waals surface area contributed by atoms with Crippen LogP contribution in [0.4, 0.5) is 11.4 Å². The average Bonchev–Trinajstić information content (AvgIpc) is 2.42. The first-order chi connectivity index (χ1) is 9.99. The van der Waals surface area contributed by atoms with Crippen LogP contribution in [0.25, 0.3) is 0 Å². The smallest absolute Gasteiger partial charge is 0.238 e. The van der Waals surface area contributed by atoms with E-state index in [0.717, 1.165) is 23.1 Å². The number of morpholine rings is 1. The Morgan fingerprint density at radius 1 is 1.57 bits per heavy atom. The number of nitrogen functional groups attached to an aromatic ring is 1. The molecule has 1 aromatic carbocycles. The van der Waals surface area contributed by atoms with E-state index in [2.05, 4.69) is 33.1 Å². The van der Waals surface area contributed by atoms with Gasteiger partial charge in [0.1, 0.15) is 0 Å².